The second kappa shape index (κ2) is 6.37. The molecule has 108 valence electrons. The van der Waals surface area contributed by atoms with Gasteiger partial charge in [-0.15, -0.1) is 0 Å². The highest BCUT2D eigenvalue weighted by Crippen LogP contribution is 2.15. The number of hydrogen-bond acceptors (Lipinski definition) is 3. The van der Waals surface area contributed by atoms with Crippen LogP contribution in [0.5, 0.6) is 0 Å². The Morgan fingerprint density at radius 1 is 1.35 bits per heavy atom. The number of halogens is 1. The fourth-order valence-corrected chi connectivity index (χ4v) is 2.44. The number of morpholine rings is 1. The fraction of sp³-hybridized carbons (Fsp3) is 0.429. The first kappa shape index (κ1) is 15.0. The smallest absolute Gasteiger partial charge is 0.334 e. The van der Waals surface area contributed by atoms with Gasteiger partial charge in [0.1, 0.15) is 0 Å². The van der Waals surface area contributed by atoms with Gasteiger partial charge in [-0.2, -0.15) is 0 Å². The minimum Gasteiger partial charge on any atom is -0.479 e. The third-order valence-electron chi connectivity index (χ3n) is 3.16. The molecule has 1 aromatic rings. The number of aliphatic carboxylic acids is 1. The van der Waals surface area contributed by atoms with Crippen LogP contribution in [-0.2, 0) is 20.7 Å². The number of carbonyl (C=O) groups is 2. The maximum atomic E-state index is 12.2. The molecule has 1 amide bonds. The average molecular weight is 342 g/mol. The summed E-state index contributed by atoms with van der Waals surface area (Å²) >= 11 is 3.34. The van der Waals surface area contributed by atoms with Crippen molar-refractivity contribution in [3.8, 4) is 0 Å². The van der Waals surface area contributed by atoms with Crippen LogP contribution in [-0.4, -0.2) is 47.2 Å². The van der Waals surface area contributed by atoms with Crippen molar-refractivity contribution in [3.63, 3.8) is 0 Å². The van der Waals surface area contributed by atoms with E-state index in [1.807, 2.05) is 24.3 Å². The zero-order valence-corrected chi connectivity index (χ0v) is 12.7. The molecule has 1 N–H and O–H groups in total. The molecule has 1 aliphatic heterocycles. The van der Waals surface area contributed by atoms with Gasteiger partial charge in [-0.05, 0) is 24.6 Å². The van der Waals surface area contributed by atoms with Crippen molar-refractivity contribution in [1.29, 1.82) is 0 Å². The normalized spacial score (nSPS) is 22.6. The molecule has 0 spiro atoms. The number of carbonyl (C=O) groups excluding carboxylic acids is 1. The third kappa shape index (κ3) is 3.80. The number of carboxylic acids is 1. The van der Waals surface area contributed by atoms with Gasteiger partial charge in [-0.25, -0.2) is 4.79 Å². The second-order valence-corrected chi connectivity index (χ2v) is 5.79. The number of ether oxygens (including phenoxy) is 1. The minimum atomic E-state index is -1.03. The van der Waals surface area contributed by atoms with Crippen LogP contribution in [0.25, 0.3) is 0 Å². The molecule has 1 heterocycles. The van der Waals surface area contributed by atoms with Crippen LogP contribution < -0.4 is 0 Å². The monoisotopic (exact) mass is 341 g/mol. The minimum absolute atomic E-state index is 0.0753. The van der Waals surface area contributed by atoms with Crippen LogP contribution in [0.3, 0.4) is 0 Å². The summed E-state index contributed by atoms with van der Waals surface area (Å²) in [5.41, 5.74) is 0.907. The molecule has 0 radical (unpaired) electrons. The highest BCUT2D eigenvalue weighted by atomic mass is 79.9. The number of benzene rings is 1. The Bertz CT molecular complexity index is 502. The lowest BCUT2D eigenvalue weighted by atomic mass is 10.1. The van der Waals surface area contributed by atoms with Crippen LogP contribution >= 0.6 is 15.9 Å². The number of nitrogens with zero attached hydrogens (tertiary/aromatic N) is 1. The molecule has 0 bridgehead atoms. The summed E-state index contributed by atoms with van der Waals surface area (Å²) in [6.45, 7) is 2.31. The van der Waals surface area contributed by atoms with Crippen LogP contribution in [0.2, 0.25) is 0 Å². The molecule has 5 nitrogen and oxygen atoms in total. The highest BCUT2D eigenvalue weighted by molar-refractivity contribution is 9.10. The molecule has 0 aliphatic carbocycles. The van der Waals surface area contributed by atoms with E-state index in [2.05, 4.69) is 15.9 Å². The van der Waals surface area contributed by atoms with Crippen molar-refractivity contribution in [2.24, 2.45) is 0 Å². The number of amides is 1. The summed E-state index contributed by atoms with van der Waals surface area (Å²) in [4.78, 5) is 24.8. The third-order valence-corrected chi connectivity index (χ3v) is 3.69. The molecule has 20 heavy (non-hydrogen) atoms. The van der Waals surface area contributed by atoms with Gasteiger partial charge in [0.2, 0.25) is 5.91 Å². The molecule has 1 saturated heterocycles. The Morgan fingerprint density at radius 3 is 2.60 bits per heavy atom. The van der Waals surface area contributed by atoms with E-state index in [-0.39, 0.29) is 25.0 Å². The lowest BCUT2D eigenvalue weighted by molar-refractivity contribution is -0.166. The first-order valence-electron chi connectivity index (χ1n) is 6.36. The number of hydrogen-bond donors (Lipinski definition) is 1. The molecular weight excluding hydrogens is 326 g/mol. The topological polar surface area (TPSA) is 66.8 Å². The quantitative estimate of drug-likeness (QED) is 0.908. The molecule has 1 aromatic carbocycles. The van der Waals surface area contributed by atoms with Crippen molar-refractivity contribution < 1.29 is 19.4 Å². The van der Waals surface area contributed by atoms with E-state index in [9.17, 15) is 9.59 Å². The zero-order valence-electron chi connectivity index (χ0n) is 11.1. The van der Waals surface area contributed by atoms with Crippen LogP contribution in [0, 0.1) is 0 Å². The van der Waals surface area contributed by atoms with E-state index in [1.165, 1.54) is 0 Å². The summed E-state index contributed by atoms with van der Waals surface area (Å²) < 4.78 is 6.25. The van der Waals surface area contributed by atoms with Gasteiger partial charge in [0, 0.05) is 11.0 Å². The van der Waals surface area contributed by atoms with Gasteiger partial charge in [0.15, 0.2) is 6.10 Å². The van der Waals surface area contributed by atoms with Crippen molar-refractivity contribution in [2.75, 3.05) is 13.1 Å². The van der Waals surface area contributed by atoms with Gasteiger partial charge in [-0.1, -0.05) is 28.1 Å². The summed E-state index contributed by atoms with van der Waals surface area (Å²) in [6, 6.07) is 7.51. The van der Waals surface area contributed by atoms with Crippen molar-refractivity contribution in [1.82, 2.24) is 4.90 Å². The predicted molar refractivity (Wildman–Crippen MR) is 76.4 cm³/mol. The Morgan fingerprint density at radius 2 is 2.00 bits per heavy atom. The van der Waals surface area contributed by atoms with E-state index in [4.69, 9.17) is 9.84 Å². The number of carboxylic acid groups (broad SMARTS) is 1. The highest BCUT2D eigenvalue weighted by Gasteiger charge is 2.32. The molecule has 2 rings (SSSR count). The van der Waals surface area contributed by atoms with Crippen LogP contribution in [0.15, 0.2) is 28.7 Å². The molecule has 1 unspecified atom stereocenters. The lowest BCUT2D eigenvalue weighted by Crippen LogP contribution is -2.52. The van der Waals surface area contributed by atoms with E-state index >= 15 is 0 Å². The average Bonchev–Trinajstić information content (AvgIpc) is 2.40. The Balaban J connectivity index is 2.01. The molecule has 0 aromatic heterocycles. The van der Waals surface area contributed by atoms with E-state index in [0.29, 0.717) is 6.54 Å². The summed E-state index contributed by atoms with van der Waals surface area (Å²) in [6.07, 6.45) is -0.932. The molecule has 0 saturated carbocycles. The lowest BCUT2D eigenvalue weighted by Gasteiger charge is -2.35. The fourth-order valence-electron chi connectivity index (χ4n) is 2.18. The van der Waals surface area contributed by atoms with Crippen LogP contribution in [0.4, 0.5) is 0 Å². The molecule has 6 heteroatoms. The Kier molecular flexibility index (Phi) is 4.77. The predicted octanol–water partition coefficient (Wildman–Crippen LogP) is 1.69. The molecule has 1 fully saturated rings. The van der Waals surface area contributed by atoms with Crippen molar-refractivity contribution >= 4 is 27.8 Å². The maximum absolute atomic E-state index is 12.2. The number of rotatable bonds is 3. The summed E-state index contributed by atoms with van der Waals surface area (Å²) in [5, 5.41) is 9.01. The first-order chi connectivity index (χ1) is 9.45. The van der Waals surface area contributed by atoms with Gasteiger partial charge < -0.3 is 14.7 Å². The molecule has 2 atom stereocenters. The van der Waals surface area contributed by atoms with E-state index < -0.39 is 12.1 Å². The Labute approximate surface area is 125 Å². The molecular formula is C14H16BrNO4. The van der Waals surface area contributed by atoms with Crippen molar-refractivity contribution in [3.05, 3.63) is 34.3 Å². The zero-order chi connectivity index (χ0) is 14.7. The first-order valence-corrected chi connectivity index (χ1v) is 7.15. The van der Waals surface area contributed by atoms with Gasteiger partial charge in [0.05, 0.1) is 19.1 Å². The molecule has 1 aliphatic rings. The maximum Gasteiger partial charge on any atom is 0.334 e. The van der Waals surface area contributed by atoms with Crippen molar-refractivity contribution in [2.45, 2.75) is 25.6 Å². The standard InChI is InChI=1S/C14H16BrNO4/c1-9-7-16(8-12(20-9)14(18)19)13(17)6-10-2-4-11(15)5-3-10/h2-5,9,12H,6-8H2,1H3,(H,18,19)/t9-,12?/m1/s1. The second-order valence-electron chi connectivity index (χ2n) is 4.88. The van der Waals surface area contributed by atoms with E-state index in [1.54, 1.807) is 11.8 Å². The van der Waals surface area contributed by atoms with Gasteiger partial charge >= 0.3 is 5.97 Å². The SMILES string of the molecule is C[C@@H]1CN(C(=O)Cc2ccc(Br)cc2)CC(C(=O)O)O1. The van der Waals surface area contributed by atoms with Gasteiger partial charge in [-0.3, -0.25) is 4.79 Å². The summed E-state index contributed by atoms with van der Waals surface area (Å²) in [5.74, 6) is -1.10. The van der Waals surface area contributed by atoms with Crippen LogP contribution in [0.1, 0.15) is 12.5 Å². The Hall–Kier alpha value is -1.40. The summed E-state index contributed by atoms with van der Waals surface area (Å²) in [7, 11) is 0. The van der Waals surface area contributed by atoms with E-state index in [0.717, 1.165) is 10.0 Å². The van der Waals surface area contributed by atoms with Gasteiger partial charge in [0.25, 0.3) is 0 Å². The largest absolute Gasteiger partial charge is 0.479 e.